The Balaban J connectivity index is 1.50. The summed E-state index contributed by atoms with van der Waals surface area (Å²) < 4.78 is 11.1. The first kappa shape index (κ1) is 27.3. The molecule has 0 aliphatic heterocycles. The van der Waals surface area contributed by atoms with Crippen LogP contribution in [-0.4, -0.2) is 18.5 Å². The van der Waals surface area contributed by atoms with Crippen molar-refractivity contribution in [2.24, 2.45) is 11.8 Å². The molecular weight excluding hydrogens is 452 g/mol. The lowest BCUT2D eigenvalue weighted by Crippen LogP contribution is -2.25. The number of rotatable bonds is 11. The second kappa shape index (κ2) is 13.7. The summed E-state index contributed by atoms with van der Waals surface area (Å²) in [6.45, 7) is 4.60. The van der Waals surface area contributed by atoms with Gasteiger partial charge in [-0.3, -0.25) is 4.79 Å². The van der Waals surface area contributed by atoms with E-state index in [0.29, 0.717) is 17.1 Å². The van der Waals surface area contributed by atoms with Crippen molar-refractivity contribution < 1.29 is 19.1 Å². The Labute approximate surface area is 215 Å². The van der Waals surface area contributed by atoms with E-state index in [9.17, 15) is 9.59 Å². The van der Waals surface area contributed by atoms with E-state index in [4.69, 9.17) is 20.9 Å². The average molecular weight is 493 g/mol. The SMILES string of the molecule is CCCCC(COC(=O)C=Cc1ccc(OC(=O)C2CCC(CC)CC2)cc1)c1cc(N)cc(N)c1. The smallest absolute Gasteiger partial charge is 0.330 e. The van der Waals surface area contributed by atoms with E-state index in [2.05, 4.69) is 13.8 Å². The standard InChI is InChI=1S/C30H40N2O4/c1-3-5-6-24(25-17-26(31)19-27(32)18-25)20-35-29(33)16-11-22-9-14-28(15-10-22)36-30(34)23-12-7-21(4-2)8-13-23/h9-11,14-19,21,23-24H,3-8,12-13,20,31-32H2,1-2H3. The maximum absolute atomic E-state index is 12.5. The van der Waals surface area contributed by atoms with E-state index < -0.39 is 5.97 Å². The molecule has 0 spiro atoms. The van der Waals surface area contributed by atoms with Crippen LogP contribution in [0.2, 0.25) is 0 Å². The Hall–Kier alpha value is -3.28. The molecule has 6 heteroatoms. The number of hydrogen-bond acceptors (Lipinski definition) is 6. The van der Waals surface area contributed by atoms with Crippen molar-refractivity contribution in [3.63, 3.8) is 0 Å². The van der Waals surface area contributed by atoms with Gasteiger partial charge in [-0.1, -0.05) is 45.2 Å². The van der Waals surface area contributed by atoms with Gasteiger partial charge in [-0.2, -0.15) is 0 Å². The zero-order chi connectivity index (χ0) is 25.9. The lowest BCUT2D eigenvalue weighted by molar-refractivity contribution is -0.140. The van der Waals surface area contributed by atoms with E-state index in [1.54, 1.807) is 24.3 Å². The molecule has 0 amide bonds. The molecule has 1 saturated carbocycles. The number of ether oxygens (including phenoxy) is 2. The molecule has 1 fully saturated rings. The normalized spacial score (nSPS) is 18.6. The zero-order valence-electron chi connectivity index (χ0n) is 21.6. The predicted octanol–water partition coefficient (Wildman–Crippen LogP) is 6.50. The monoisotopic (exact) mass is 492 g/mol. The number of hydrogen-bond donors (Lipinski definition) is 2. The van der Waals surface area contributed by atoms with Crippen LogP contribution in [0.4, 0.5) is 11.4 Å². The molecule has 4 N–H and O–H groups in total. The molecule has 1 aliphatic carbocycles. The molecule has 0 saturated heterocycles. The number of carbonyl (C=O) groups excluding carboxylic acids is 2. The van der Waals surface area contributed by atoms with Crippen molar-refractivity contribution in [1.29, 1.82) is 0 Å². The van der Waals surface area contributed by atoms with Gasteiger partial charge < -0.3 is 20.9 Å². The van der Waals surface area contributed by atoms with Crippen molar-refractivity contribution in [3.05, 3.63) is 59.7 Å². The number of esters is 2. The van der Waals surface area contributed by atoms with Gasteiger partial charge in [-0.05, 0) is 85.6 Å². The number of benzene rings is 2. The summed E-state index contributed by atoms with van der Waals surface area (Å²) in [4.78, 5) is 24.8. The Morgan fingerprint density at radius 2 is 1.67 bits per heavy atom. The minimum Gasteiger partial charge on any atom is -0.462 e. The maximum Gasteiger partial charge on any atom is 0.330 e. The van der Waals surface area contributed by atoms with Crippen LogP contribution in [0.15, 0.2) is 48.5 Å². The molecule has 2 aromatic rings. The molecule has 6 nitrogen and oxygen atoms in total. The molecule has 3 rings (SSSR count). The summed E-state index contributed by atoms with van der Waals surface area (Å²) >= 11 is 0. The predicted molar refractivity (Wildman–Crippen MR) is 145 cm³/mol. The van der Waals surface area contributed by atoms with Gasteiger partial charge in [0.25, 0.3) is 0 Å². The Morgan fingerprint density at radius 3 is 2.28 bits per heavy atom. The average Bonchev–Trinajstić information content (AvgIpc) is 2.87. The third kappa shape index (κ3) is 8.43. The van der Waals surface area contributed by atoms with Crippen LogP contribution in [-0.2, 0) is 14.3 Å². The van der Waals surface area contributed by atoms with E-state index in [-0.39, 0.29) is 24.4 Å². The largest absolute Gasteiger partial charge is 0.462 e. The fourth-order valence-corrected chi connectivity index (χ4v) is 4.78. The molecule has 36 heavy (non-hydrogen) atoms. The highest BCUT2D eigenvalue weighted by molar-refractivity contribution is 5.87. The van der Waals surface area contributed by atoms with Crippen molar-refractivity contribution in [2.45, 2.75) is 71.1 Å². The fraction of sp³-hybridized carbons (Fsp3) is 0.467. The second-order valence-electron chi connectivity index (χ2n) is 9.85. The van der Waals surface area contributed by atoms with Crippen molar-refractivity contribution in [1.82, 2.24) is 0 Å². The van der Waals surface area contributed by atoms with E-state index in [1.807, 2.05) is 24.3 Å². The minimum atomic E-state index is -0.411. The van der Waals surface area contributed by atoms with Gasteiger partial charge in [0.05, 0.1) is 12.5 Å². The molecule has 0 bridgehead atoms. The first-order valence-corrected chi connectivity index (χ1v) is 13.2. The van der Waals surface area contributed by atoms with Gasteiger partial charge >= 0.3 is 11.9 Å². The van der Waals surface area contributed by atoms with Crippen LogP contribution in [0.3, 0.4) is 0 Å². The lowest BCUT2D eigenvalue weighted by Gasteiger charge is -2.26. The molecule has 1 unspecified atom stereocenters. The lowest BCUT2D eigenvalue weighted by atomic mass is 9.81. The molecule has 0 heterocycles. The van der Waals surface area contributed by atoms with E-state index in [0.717, 1.165) is 62.0 Å². The second-order valence-corrected chi connectivity index (χ2v) is 9.85. The van der Waals surface area contributed by atoms with Crippen molar-refractivity contribution in [3.8, 4) is 5.75 Å². The van der Waals surface area contributed by atoms with Gasteiger partial charge in [-0.25, -0.2) is 4.79 Å². The summed E-state index contributed by atoms with van der Waals surface area (Å²) in [5.74, 6) is 0.746. The summed E-state index contributed by atoms with van der Waals surface area (Å²) in [6, 6.07) is 12.7. The Kier molecular flexibility index (Phi) is 10.4. The maximum atomic E-state index is 12.5. The third-order valence-corrected chi connectivity index (χ3v) is 7.07. The number of anilines is 2. The van der Waals surface area contributed by atoms with Gasteiger partial charge in [0.2, 0.25) is 0 Å². The number of nitrogen functional groups attached to an aromatic ring is 2. The van der Waals surface area contributed by atoms with E-state index >= 15 is 0 Å². The summed E-state index contributed by atoms with van der Waals surface area (Å²) in [7, 11) is 0. The third-order valence-electron chi connectivity index (χ3n) is 7.07. The molecule has 0 aromatic heterocycles. The summed E-state index contributed by atoms with van der Waals surface area (Å²) in [6.07, 6.45) is 11.3. The van der Waals surface area contributed by atoms with Crippen LogP contribution in [0.5, 0.6) is 5.75 Å². The van der Waals surface area contributed by atoms with Crippen LogP contribution < -0.4 is 16.2 Å². The molecule has 1 aliphatic rings. The molecule has 0 radical (unpaired) electrons. The number of nitrogens with two attached hydrogens (primary N) is 2. The van der Waals surface area contributed by atoms with E-state index in [1.165, 1.54) is 12.5 Å². The molecule has 2 aromatic carbocycles. The highest BCUT2D eigenvalue weighted by Gasteiger charge is 2.27. The highest BCUT2D eigenvalue weighted by atomic mass is 16.5. The zero-order valence-corrected chi connectivity index (χ0v) is 21.6. The molecule has 1 atom stereocenters. The fourth-order valence-electron chi connectivity index (χ4n) is 4.78. The van der Waals surface area contributed by atoms with Gasteiger partial charge in [-0.15, -0.1) is 0 Å². The van der Waals surface area contributed by atoms with Gasteiger partial charge in [0, 0.05) is 23.4 Å². The highest BCUT2D eigenvalue weighted by Crippen LogP contribution is 2.32. The Bertz CT molecular complexity index is 1000. The van der Waals surface area contributed by atoms with Crippen LogP contribution in [0, 0.1) is 11.8 Å². The number of carbonyl (C=O) groups is 2. The van der Waals surface area contributed by atoms with Gasteiger partial charge in [0.1, 0.15) is 5.75 Å². The topological polar surface area (TPSA) is 105 Å². The first-order valence-electron chi connectivity index (χ1n) is 13.2. The minimum absolute atomic E-state index is 0.00735. The number of unbranched alkanes of at least 4 members (excludes halogenated alkanes) is 1. The summed E-state index contributed by atoms with van der Waals surface area (Å²) in [5.41, 5.74) is 14.9. The molecule has 194 valence electrons. The molecular formula is C30H40N2O4. The van der Waals surface area contributed by atoms with Crippen molar-refractivity contribution in [2.75, 3.05) is 18.1 Å². The van der Waals surface area contributed by atoms with Gasteiger partial charge in [0.15, 0.2) is 0 Å². The first-order chi connectivity index (χ1) is 17.4. The van der Waals surface area contributed by atoms with Crippen LogP contribution >= 0.6 is 0 Å². The Morgan fingerprint density at radius 1 is 1.00 bits per heavy atom. The van der Waals surface area contributed by atoms with Crippen LogP contribution in [0.25, 0.3) is 6.08 Å². The summed E-state index contributed by atoms with van der Waals surface area (Å²) in [5, 5.41) is 0. The quantitative estimate of drug-likeness (QED) is 0.160. The van der Waals surface area contributed by atoms with Crippen molar-refractivity contribution >= 4 is 29.4 Å². The van der Waals surface area contributed by atoms with Crippen LogP contribution in [0.1, 0.15) is 82.3 Å².